The van der Waals surface area contributed by atoms with Gasteiger partial charge >= 0.3 is 0 Å². The molecule has 0 aliphatic heterocycles. The molecule has 1 heterocycles. The molecule has 8 heteroatoms. The zero-order valence-corrected chi connectivity index (χ0v) is 20.5. The summed E-state index contributed by atoms with van der Waals surface area (Å²) < 4.78 is 46.7. The first-order chi connectivity index (χ1) is 16.4. The van der Waals surface area contributed by atoms with E-state index in [1.807, 2.05) is 67.5 Å². The van der Waals surface area contributed by atoms with Crippen LogP contribution in [-0.2, 0) is 10.0 Å². The van der Waals surface area contributed by atoms with Crippen LogP contribution in [0.3, 0.4) is 0 Å². The number of methoxy groups -OCH3 is 2. The predicted molar refractivity (Wildman–Crippen MR) is 134 cm³/mol. The van der Waals surface area contributed by atoms with Crippen LogP contribution in [0.4, 0.5) is 0 Å². The lowest BCUT2D eigenvalue weighted by Crippen LogP contribution is -2.20. The summed E-state index contributed by atoms with van der Waals surface area (Å²) >= 11 is 0. The number of benzene rings is 3. The van der Waals surface area contributed by atoms with E-state index in [9.17, 15) is 8.42 Å². The zero-order valence-electron chi connectivity index (χ0n) is 19.7. The minimum atomic E-state index is -4.09. The molecule has 0 saturated carbocycles. The molecule has 0 unspecified atom stereocenters. The minimum Gasteiger partial charge on any atom is -0.497 e. The Morgan fingerprint density at radius 3 is 2.26 bits per heavy atom. The molecule has 0 N–H and O–H groups in total. The van der Waals surface area contributed by atoms with Gasteiger partial charge in [0.05, 0.1) is 19.7 Å². The topological polar surface area (TPSA) is 70.0 Å². The standard InChI is InChI=1S/C26H28N2O5S/c1-27(2)16-17-33-26-21-12-8-9-13-22(21)28(25(26)19-10-6-5-7-11-19)34(29,30)24-15-14-20(31-3)18-23(24)32-4/h5-15,18H,16-17H2,1-4H3. The number of fused-ring (bicyclic) bond motifs is 1. The van der Waals surface area contributed by atoms with Crippen molar-refractivity contribution < 1.29 is 22.6 Å². The number of likely N-dealkylation sites (N-methyl/N-ethyl adjacent to an activating group) is 1. The molecule has 7 nitrogen and oxygen atoms in total. The molecule has 3 aromatic carbocycles. The Balaban J connectivity index is 2.03. The Labute approximate surface area is 200 Å². The van der Waals surface area contributed by atoms with Gasteiger partial charge in [-0.2, -0.15) is 0 Å². The van der Waals surface area contributed by atoms with Gasteiger partial charge in [0, 0.05) is 23.6 Å². The molecule has 178 valence electrons. The van der Waals surface area contributed by atoms with E-state index < -0.39 is 10.0 Å². The summed E-state index contributed by atoms with van der Waals surface area (Å²) in [6, 6.07) is 21.4. The molecule has 4 rings (SSSR count). The molecule has 1 aromatic heterocycles. The van der Waals surface area contributed by atoms with E-state index in [-0.39, 0.29) is 10.6 Å². The fraction of sp³-hybridized carbons (Fsp3) is 0.231. The van der Waals surface area contributed by atoms with E-state index in [0.29, 0.717) is 35.9 Å². The highest BCUT2D eigenvalue weighted by molar-refractivity contribution is 7.90. The van der Waals surface area contributed by atoms with E-state index in [1.54, 1.807) is 18.2 Å². The largest absolute Gasteiger partial charge is 0.497 e. The summed E-state index contributed by atoms with van der Waals surface area (Å²) in [6.45, 7) is 1.10. The molecule has 0 bridgehead atoms. The Morgan fingerprint density at radius 1 is 0.882 bits per heavy atom. The van der Waals surface area contributed by atoms with Crippen LogP contribution >= 0.6 is 0 Å². The molecule has 0 fully saturated rings. The summed E-state index contributed by atoms with van der Waals surface area (Å²) in [4.78, 5) is 2.05. The maximum absolute atomic E-state index is 14.2. The normalized spacial score (nSPS) is 11.7. The van der Waals surface area contributed by atoms with Gasteiger partial charge in [0.25, 0.3) is 10.0 Å². The van der Waals surface area contributed by atoms with Gasteiger partial charge in [0.2, 0.25) is 0 Å². The van der Waals surface area contributed by atoms with Crippen molar-refractivity contribution in [3.05, 3.63) is 72.8 Å². The second-order valence-corrected chi connectivity index (χ2v) is 9.75. The van der Waals surface area contributed by atoms with E-state index >= 15 is 0 Å². The minimum absolute atomic E-state index is 0.0357. The lowest BCUT2D eigenvalue weighted by Gasteiger charge is -2.16. The number of nitrogens with zero attached hydrogens (tertiary/aromatic N) is 2. The van der Waals surface area contributed by atoms with E-state index in [4.69, 9.17) is 14.2 Å². The number of ether oxygens (including phenoxy) is 3. The lowest BCUT2D eigenvalue weighted by molar-refractivity contribution is 0.264. The van der Waals surface area contributed by atoms with Gasteiger partial charge < -0.3 is 19.1 Å². The fourth-order valence-corrected chi connectivity index (χ4v) is 5.52. The Bertz CT molecular complexity index is 1400. The molecule has 34 heavy (non-hydrogen) atoms. The van der Waals surface area contributed by atoms with Crippen molar-refractivity contribution in [2.24, 2.45) is 0 Å². The number of hydrogen-bond acceptors (Lipinski definition) is 6. The van der Waals surface area contributed by atoms with Crippen LogP contribution in [-0.4, -0.2) is 58.8 Å². The first-order valence-corrected chi connectivity index (χ1v) is 12.3. The Kier molecular flexibility index (Phi) is 6.81. The smallest absolute Gasteiger partial charge is 0.272 e. The molecule has 0 aliphatic rings. The van der Waals surface area contributed by atoms with E-state index in [1.165, 1.54) is 24.3 Å². The van der Waals surface area contributed by atoms with Crippen molar-refractivity contribution >= 4 is 20.9 Å². The monoisotopic (exact) mass is 480 g/mol. The fourth-order valence-electron chi connectivity index (χ4n) is 3.84. The summed E-state index contributed by atoms with van der Waals surface area (Å²) in [5, 5.41) is 0.719. The second-order valence-electron chi connectivity index (χ2n) is 8.00. The van der Waals surface area contributed by atoms with Gasteiger partial charge in [0.1, 0.15) is 28.7 Å². The quantitative estimate of drug-likeness (QED) is 0.351. The van der Waals surface area contributed by atoms with Crippen molar-refractivity contribution in [3.8, 4) is 28.5 Å². The third kappa shape index (κ3) is 4.34. The highest BCUT2D eigenvalue weighted by atomic mass is 32.2. The van der Waals surface area contributed by atoms with Crippen LogP contribution in [0.1, 0.15) is 0 Å². The van der Waals surface area contributed by atoms with Gasteiger partial charge in [-0.05, 0) is 38.4 Å². The van der Waals surface area contributed by atoms with Gasteiger partial charge in [-0.3, -0.25) is 0 Å². The molecule has 0 atom stereocenters. The average Bonchev–Trinajstić information content (AvgIpc) is 3.19. The van der Waals surface area contributed by atoms with Crippen LogP contribution < -0.4 is 14.2 Å². The van der Waals surface area contributed by atoms with Crippen LogP contribution in [0.5, 0.6) is 17.2 Å². The average molecular weight is 481 g/mol. The van der Waals surface area contributed by atoms with Crippen LogP contribution in [0.25, 0.3) is 22.2 Å². The predicted octanol–water partition coefficient (Wildman–Crippen LogP) is 4.50. The summed E-state index contributed by atoms with van der Waals surface area (Å²) in [6.07, 6.45) is 0. The summed E-state index contributed by atoms with van der Waals surface area (Å²) in [5.74, 6) is 1.23. The molecule has 0 spiro atoms. The van der Waals surface area contributed by atoms with E-state index in [0.717, 1.165) is 10.9 Å². The van der Waals surface area contributed by atoms with E-state index in [2.05, 4.69) is 0 Å². The maximum atomic E-state index is 14.2. The van der Waals surface area contributed by atoms with Gasteiger partial charge in [-0.1, -0.05) is 42.5 Å². The molecule has 0 saturated heterocycles. The molecule has 0 amide bonds. The number of hydrogen-bond donors (Lipinski definition) is 0. The first kappa shape index (κ1) is 23.7. The summed E-state index contributed by atoms with van der Waals surface area (Å²) in [5.41, 5.74) is 1.73. The van der Waals surface area contributed by atoms with Crippen LogP contribution in [0, 0.1) is 0 Å². The molecular formula is C26H28N2O5S. The highest BCUT2D eigenvalue weighted by Crippen LogP contribution is 2.43. The molecular weight excluding hydrogens is 452 g/mol. The van der Waals surface area contributed by atoms with Gasteiger partial charge in [-0.15, -0.1) is 0 Å². The number of para-hydroxylation sites is 1. The van der Waals surface area contributed by atoms with Gasteiger partial charge in [-0.25, -0.2) is 12.4 Å². The first-order valence-electron chi connectivity index (χ1n) is 10.8. The third-order valence-electron chi connectivity index (χ3n) is 5.51. The van der Waals surface area contributed by atoms with Crippen molar-refractivity contribution in [1.82, 2.24) is 8.87 Å². The highest BCUT2D eigenvalue weighted by Gasteiger charge is 2.31. The van der Waals surface area contributed by atoms with Crippen molar-refractivity contribution in [3.63, 3.8) is 0 Å². The summed E-state index contributed by atoms with van der Waals surface area (Å²) in [7, 11) is 2.80. The second kappa shape index (κ2) is 9.79. The van der Waals surface area contributed by atoms with Crippen molar-refractivity contribution in [2.45, 2.75) is 4.90 Å². The molecule has 4 aromatic rings. The SMILES string of the molecule is COc1ccc(S(=O)(=O)n2c(-c3ccccc3)c(OCCN(C)C)c3ccccc32)c(OC)c1. The zero-order chi connectivity index (χ0) is 24.3. The Hall–Kier alpha value is -3.49. The van der Waals surface area contributed by atoms with Crippen LogP contribution in [0.15, 0.2) is 77.7 Å². The maximum Gasteiger partial charge on any atom is 0.272 e. The Morgan fingerprint density at radius 2 is 1.59 bits per heavy atom. The number of aromatic nitrogens is 1. The van der Waals surface area contributed by atoms with Gasteiger partial charge in [0.15, 0.2) is 5.75 Å². The third-order valence-corrected chi connectivity index (χ3v) is 7.26. The van der Waals surface area contributed by atoms with Crippen LogP contribution in [0.2, 0.25) is 0 Å². The van der Waals surface area contributed by atoms with Crippen molar-refractivity contribution in [2.75, 3.05) is 41.5 Å². The number of rotatable bonds is 9. The molecule has 0 radical (unpaired) electrons. The molecule has 0 aliphatic carbocycles. The lowest BCUT2D eigenvalue weighted by atomic mass is 10.1. The van der Waals surface area contributed by atoms with Crippen molar-refractivity contribution in [1.29, 1.82) is 0 Å².